The summed E-state index contributed by atoms with van der Waals surface area (Å²) < 4.78 is 0. The Labute approximate surface area is 122 Å². The summed E-state index contributed by atoms with van der Waals surface area (Å²) in [7, 11) is 0. The molecule has 2 rings (SSSR count). The molecule has 2 nitrogen and oxygen atoms in total. The highest BCUT2D eigenvalue weighted by atomic mass is 14.7. The van der Waals surface area contributed by atoms with E-state index in [-0.39, 0.29) is 5.41 Å². The number of aryl methyl sites for hydroxylation is 1. The van der Waals surface area contributed by atoms with Crippen molar-refractivity contribution in [3.05, 3.63) is 59.7 Å². The molecule has 0 bridgehead atoms. The topological polar surface area (TPSA) is 25.8 Å². The maximum absolute atomic E-state index is 4.55. The van der Waals surface area contributed by atoms with E-state index in [9.17, 15) is 0 Å². The number of pyridine rings is 2. The molecule has 0 spiro atoms. The van der Waals surface area contributed by atoms with Gasteiger partial charge in [0.2, 0.25) is 0 Å². The van der Waals surface area contributed by atoms with Gasteiger partial charge in [-0.2, -0.15) is 0 Å². The predicted molar refractivity (Wildman–Crippen MR) is 83.7 cm³/mol. The first kappa shape index (κ1) is 14.7. The second kappa shape index (κ2) is 6.65. The fourth-order valence-electron chi connectivity index (χ4n) is 2.63. The number of rotatable bonds is 6. The molecule has 0 amide bonds. The molecular weight excluding hydrogens is 244 g/mol. The van der Waals surface area contributed by atoms with Crippen LogP contribution in [0.5, 0.6) is 0 Å². The van der Waals surface area contributed by atoms with Crippen molar-refractivity contribution in [3.8, 4) is 0 Å². The van der Waals surface area contributed by atoms with E-state index in [2.05, 4.69) is 48.9 Å². The molecule has 106 valence electrons. The quantitative estimate of drug-likeness (QED) is 0.783. The minimum atomic E-state index is 0.219. The molecule has 2 aromatic heterocycles. The zero-order valence-corrected chi connectivity index (χ0v) is 12.8. The summed E-state index contributed by atoms with van der Waals surface area (Å²) in [6.07, 6.45) is 10.1. The van der Waals surface area contributed by atoms with E-state index in [1.807, 2.05) is 24.7 Å². The fraction of sp³-hybridized carbons (Fsp3) is 0.444. The highest BCUT2D eigenvalue weighted by Crippen LogP contribution is 2.26. The average molecular weight is 268 g/mol. The third-order valence-electron chi connectivity index (χ3n) is 3.48. The van der Waals surface area contributed by atoms with Crippen LogP contribution in [0.1, 0.15) is 44.0 Å². The lowest BCUT2D eigenvalue weighted by atomic mass is 9.81. The molecule has 20 heavy (non-hydrogen) atoms. The SMILES string of the molecule is CCCc1ccc(CC(C)(C)Cc2cccnc2)cn1. The number of nitrogens with zero attached hydrogens (tertiary/aromatic N) is 2. The second-order valence-electron chi connectivity index (χ2n) is 6.29. The number of hydrogen-bond donors (Lipinski definition) is 0. The van der Waals surface area contributed by atoms with Crippen molar-refractivity contribution in [2.45, 2.75) is 46.5 Å². The summed E-state index contributed by atoms with van der Waals surface area (Å²) in [5.74, 6) is 0. The molecule has 0 aliphatic rings. The van der Waals surface area contributed by atoms with E-state index < -0.39 is 0 Å². The van der Waals surface area contributed by atoms with E-state index in [1.165, 1.54) is 16.8 Å². The Morgan fingerprint density at radius 3 is 2.30 bits per heavy atom. The first-order valence-electron chi connectivity index (χ1n) is 7.42. The van der Waals surface area contributed by atoms with Crippen LogP contribution >= 0.6 is 0 Å². The van der Waals surface area contributed by atoms with E-state index in [4.69, 9.17) is 0 Å². The van der Waals surface area contributed by atoms with Crippen LogP contribution in [-0.2, 0) is 19.3 Å². The molecule has 2 heteroatoms. The highest BCUT2D eigenvalue weighted by molar-refractivity contribution is 5.17. The summed E-state index contributed by atoms with van der Waals surface area (Å²) in [6, 6.07) is 8.55. The Morgan fingerprint density at radius 1 is 1.00 bits per heavy atom. The minimum absolute atomic E-state index is 0.219. The van der Waals surface area contributed by atoms with Gasteiger partial charge < -0.3 is 0 Å². The van der Waals surface area contributed by atoms with Gasteiger partial charge in [-0.3, -0.25) is 9.97 Å². The van der Waals surface area contributed by atoms with Crippen LogP contribution in [-0.4, -0.2) is 9.97 Å². The van der Waals surface area contributed by atoms with Gasteiger partial charge in [0.1, 0.15) is 0 Å². The largest absolute Gasteiger partial charge is 0.264 e. The van der Waals surface area contributed by atoms with Crippen LogP contribution in [0, 0.1) is 5.41 Å². The predicted octanol–water partition coefficient (Wildman–Crippen LogP) is 4.24. The van der Waals surface area contributed by atoms with Gasteiger partial charge in [0.25, 0.3) is 0 Å². The maximum Gasteiger partial charge on any atom is 0.0403 e. The van der Waals surface area contributed by atoms with Crippen LogP contribution in [0.3, 0.4) is 0 Å². The summed E-state index contributed by atoms with van der Waals surface area (Å²) >= 11 is 0. The van der Waals surface area contributed by atoms with Crippen LogP contribution in [0.2, 0.25) is 0 Å². The molecule has 0 aliphatic heterocycles. The molecule has 0 saturated heterocycles. The van der Waals surface area contributed by atoms with Gasteiger partial charge >= 0.3 is 0 Å². The van der Waals surface area contributed by atoms with Gasteiger partial charge in [-0.1, -0.05) is 39.3 Å². The normalized spacial score (nSPS) is 11.6. The summed E-state index contributed by atoms with van der Waals surface area (Å²) in [4.78, 5) is 8.74. The van der Waals surface area contributed by atoms with Crippen LogP contribution < -0.4 is 0 Å². The molecule has 0 aromatic carbocycles. The Hall–Kier alpha value is -1.70. The molecule has 0 atom stereocenters. The van der Waals surface area contributed by atoms with E-state index in [0.29, 0.717) is 0 Å². The Bertz CT molecular complexity index is 515. The molecule has 2 aromatic rings. The average Bonchev–Trinajstić information content (AvgIpc) is 2.41. The van der Waals surface area contributed by atoms with Gasteiger partial charge in [-0.25, -0.2) is 0 Å². The third-order valence-corrected chi connectivity index (χ3v) is 3.48. The standard InChI is InChI=1S/C18H24N2/c1-4-6-17-9-8-16(14-20-17)12-18(2,3)11-15-7-5-10-19-13-15/h5,7-10,13-14H,4,6,11-12H2,1-3H3. The van der Waals surface area contributed by atoms with E-state index in [0.717, 1.165) is 25.7 Å². The highest BCUT2D eigenvalue weighted by Gasteiger charge is 2.19. The van der Waals surface area contributed by atoms with Crippen molar-refractivity contribution in [2.75, 3.05) is 0 Å². The Balaban J connectivity index is 2.00. The van der Waals surface area contributed by atoms with Crippen molar-refractivity contribution in [2.24, 2.45) is 5.41 Å². The first-order valence-corrected chi connectivity index (χ1v) is 7.42. The Morgan fingerprint density at radius 2 is 1.75 bits per heavy atom. The zero-order valence-electron chi connectivity index (χ0n) is 12.8. The lowest BCUT2D eigenvalue weighted by Gasteiger charge is -2.24. The van der Waals surface area contributed by atoms with Crippen molar-refractivity contribution in [3.63, 3.8) is 0 Å². The zero-order chi connectivity index (χ0) is 14.4. The Kier molecular flexibility index (Phi) is 4.89. The minimum Gasteiger partial charge on any atom is -0.264 e. The van der Waals surface area contributed by atoms with Crippen LogP contribution in [0.25, 0.3) is 0 Å². The molecule has 0 aliphatic carbocycles. The van der Waals surface area contributed by atoms with Crippen molar-refractivity contribution < 1.29 is 0 Å². The summed E-state index contributed by atoms with van der Waals surface area (Å²) in [5, 5.41) is 0. The van der Waals surface area contributed by atoms with Crippen LogP contribution in [0.4, 0.5) is 0 Å². The molecule has 2 heterocycles. The molecule has 0 N–H and O–H groups in total. The van der Waals surface area contributed by atoms with Gasteiger partial charge in [0, 0.05) is 24.3 Å². The summed E-state index contributed by atoms with van der Waals surface area (Å²) in [5.41, 5.74) is 4.03. The first-order chi connectivity index (χ1) is 9.59. The van der Waals surface area contributed by atoms with Gasteiger partial charge in [0.05, 0.1) is 0 Å². The molecule has 0 fully saturated rings. The lowest BCUT2D eigenvalue weighted by Crippen LogP contribution is -2.18. The molecular formula is C18H24N2. The van der Waals surface area contributed by atoms with Crippen molar-refractivity contribution in [1.82, 2.24) is 9.97 Å². The second-order valence-corrected chi connectivity index (χ2v) is 6.29. The smallest absolute Gasteiger partial charge is 0.0403 e. The van der Waals surface area contributed by atoms with E-state index >= 15 is 0 Å². The van der Waals surface area contributed by atoms with E-state index in [1.54, 1.807) is 0 Å². The molecule has 0 radical (unpaired) electrons. The van der Waals surface area contributed by atoms with Crippen molar-refractivity contribution in [1.29, 1.82) is 0 Å². The van der Waals surface area contributed by atoms with Gasteiger partial charge in [-0.15, -0.1) is 0 Å². The number of aromatic nitrogens is 2. The molecule has 0 saturated carbocycles. The fourth-order valence-corrected chi connectivity index (χ4v) is 2.63. The monoisotopic (exact) mass is 268 g/mol. The third kappa shape index (κ3) is 4.44. The number of hydrogen-bond acceptors (Lipinski definition) is 2. The van der Waals surface area contributed by atoms with Crippen LogP contribution in [0.15, 0.2) is 42.9 Å². The van der Waals surface area contributed by atoms with Gasteiger partial charge in [-0.05, 0) is 47.9 Å². The van der Waals surface area contributed by atoms with Gasteiger partial charge in [0.15, 0.2) is 0 Å². The lowest BCUT2D eigenvalue weighted by molar-refractivity contribution is 0.360. The van der Waals surface area contributed by atoms with Crippen molar-refractivity contribution >= 4 is 0 Å². The maximum atomic E-state index is 4.55. The summed E-state index contributed by atoms with van der Waals surface area (Å²) in [6.45, 7) is 6.80. The molecule has 0 unspecified atom stereocenters.